The average Bonchev–Trinajstić information content (AvgIpc) is 3.19. The monoisotopic (exact) mass is 242 g/mol. The zero-order chi connectivity index (χ0) is 11.8. The summed E-state index contributed by atoms with van der Waals surface area (Å²) >= 11 is 0. The molecule has 2 saturated heterocycles. The van der Waals surface area contributed by atoms with Gasteiger partial charge in [0.1, 0.15) is 6.10 Å². The fourth-order valence-corrected chi connectivity index (χ4v) is 2.07. The molecule has 2 unspecified atom stereocenters. The van der Waals surface area contributed by atoms with E-state index >= 15 is 0 Å². The van der Waals surface area contributed by atoms with Crippen LogP contribution in [0.2, 0.25) is 0 Å². The molecule has 2 aliphatic rings. The van der Waals surface area contributed by atoms with Crippen molar-refractivity contribution in [2.45, 2.75) is 63.6 Å². The van der Waals surface area contributed by atoms with Crippen molar-refractivity contribution in [3.8, 4) is 0 Å². The predicted octanol–water partition coefficient (Wildman–Crippen LogP) is 2.92. The van der Waals surface area contributed by atoms with E-state index in [1.165, 1.54) is 51.4 Å². The molecule has 2 rings (SSSR count). The van der Waals surface area contributed by atoms with Gasteiger partial charge in [0, 0.05) is 6.61 Å². The van der Waals surface area contributed by atoms with Crippen molar-refractivity contribution in [3.63, 3.8) is 0 Å². The molecule has 0 saturated carbocycles. The Morgan fingerprint density at radius 2 is 1.35 bits per heavy atom. The minimum absolute atomic E-state index is 0.422. The van der Waals surface area contributed by atoms with Crippen LogP contribution in [0.5, 0.6) is 0 Å². The van der Waals surface area contributed by atoms with Gasteiger partial charge in [-0.05, 0) is 12.8 Å². The van der Waals surface area contributed by atoms with Crippen LogP contribution in [0.4, 0.5) is 0 Å². The quantitative estimate of drug-likeness (QED) is 0.390. The Morgan fingerprint density at radius 1 is 0.765 bits per heavy atom. The molecule has 0 aromatic rings. The highest BCUT2D eigenvalue weighted by atomic mass is 16.6. The van der Waals surface area contributed by atoms with Gasteiger partial charge in [-0.3, -0.25) is 0 Å². The molecular weight excluding hydrogens is 216 g/mol. The molecule has 0 amide bonds. The zero-order valence-corrected chi connectivity index (χ0v) is 10.9. The molecule has 0 bridgehead atoms. The minimum Gasteiger partial charge on any atom is -0.379 e. The van der Waals surface area contributed by atoms with Gasteiger partial charge in [0.2, 0.25) is 0 Å². The number of rotatable bonds is 12. The number of hydrogen-bond donors (Lipinski definition) is 0. The van der Waals surface area contributed by atoms with Crippen molar-refractivity contribution in [3.05, 3.63) is 0 Å². The van der Waals surface area contributed by atoms with Crippen molar-refractivity contribution in [1.29, 1.82) is 0 Å². The van der Waals surface area contributed by atoms with Crippen LogP contribution in [0, 0.1) is 0 Å². The molecular formula is C14H26O3. The second-order valence-corrected chi connectivity index (χ2v) is 5.25. The molecule has 0 radical (unpaired) electrons. The Balaban J connectivity index is 1.20. The van der Waals surface area contributed by atoms with Gasteiger partial charge in [0.05, 0.1) is 25.9 Å². The fraction of sp³-hybridized carbons (Fsp3) is 1.00. The van der Waals surface area contributed by atoms with Gasteiger partial charge in [-0.1, -0.05) is 38.5 Å². The van der Waals surface area contributed by atoms with E-state index in [2.05, 4.69) is 0 Å². The lowest BCUT2D eigenvalue weighted by Crippen LogP contribution is -2.02. The van der Waals surface area contributed by atoms with Gasteiger partial charge in [0.15, 0.2) is 0 Å². The smallest absolute Gasteiger partial charge is 0.104 e. The predicted molar refractivity (Wildman–Crippen MR) is 67.2 cm³/mol. The van der Waals surface area contributed by atoms with Crippen molar-refractivity contribution < 1.29 is 14.2 Å². The van der Waals surface area contributed by atoms with Crippen LogP contribution < -0.4 is 0 Å². The van der Waals surface area contributed by atoms with Crippen LogP contribution in [-0.4, -0.2) is 38.6 Å². The Labute approximate surface area is 105 Å². The fourth-order valence-electron chi connectivity index (χ4n) is 2.07. The van der Waals surface area contributed by atoms with E-state index in [-0.39, 0.29) is 0 Å². The van der Waals surface area contributed by atoms with Crippen LogP contribution >= 0.6 is 0 Å². The molecule has 2 aliphatic heterocycles. The maximum Gasteiger partial charge on any atom is 0.104 e. The standard InChI is InChI=1S/C14H26O3/c1(2-4-6-8-13-11-16-13)3-5-7-9-15-10-14-12-17-14/h13-14H,1-12H2. The van der Waals surface area contributed by atoms with Crippen LogP contribution in [0.25, 0.3) is 0 Å². The van der Waals surface area contributed by atoms with E-state index in [9.17, 15) is 0 Å². The van der Waals surface area contributed by atoms with Crippen molar-refractivity contribution in [1.82, 2.24) is 0 Å². The van der Waals surface area contributed by atoms with Crippen molar-refractivity contribution in [2.24, 2.45) is 0 Å². The summed E-state index contributed by atoms with van der Waals surface area (Å²) in [4.78, 5) is 0. The van der Waals surface area contributed by atoms with Crippen LogP contribution in [0.1, 0.15) is 51.4 Å². The highest BCUT2D eigenvalue weighted by molar-refractivity contribution is 4.68. The molecule has 0 N–H and O–H groups in total. The first-order chi connectivity index (χ1) is 8.45. The lowest BCUT2D eigenvalue weighted by molar-refractivity contribution is 0.113. The summed E-state index contributed by atoms with van der Waals surface area (Å²) in [5, 5.41) is 0. The normalized spacial score (nSPS) is 26.1. The third-order valence-corrected chi connectivity index (χ3v) is 3.42. The molecule has 3 nitrogen and oxygen atoms in total. The second-order valence-electron chi connectivity index (χ2n) is 5.25. The largest absolute Gasteiger partial charge is 0.379 e. The maximum atomic E-state index is 5.50. The van der Waals surface area contributed by atoms with E-state index < -0.39 is 0 Å². The van der Waals surface area contributed by atoms with Gasteiger partial charge in [-0.15, -0.1) is 0 Å². The van der Waals surface area contributed by atoms with Gasteiger partial charge in [-0.2, -0.15) is 0 Å². The summed E-state index contributed by atoms with van der Waals surface area (Å²) < 4.78 is 15.8. The maximum absolute atomic E-state index is 5.50. The van der Waals surface area contributed by atoms with Crippen molar-refractivity contribution >= 4 is 0 Å². The first kappa shape index (κ1) is 13.3. The highest BCUT2D eigenvalue weighted by Gasteiger charge is 2.22. The zero-order valence-electron chi connectivity index (χ0n) is 10.9. The number of epoxide rings is 2. The molecule has 2 fully saturated rings. The first-order valence-corrected chi connectivity index (χ1v) is 7.26. The third kappa shape index (κ3) is 7.74. The number of hydrogen-bond acceptors (Lipinski definition) is 3. The van der Waals surface area contributed by atoms with Crippen LogP contribution in [-0.2, 0) is 14.2 Å². The Morgan fingerprint density at radius 3 is 2.00 bits per heavy atom. The number of unbranched alkanes of at least 4 members (excludes halogenated alkanes) is 6. The van der Waals surface area contributed by atoms with Gasteiger partial charge < -0.3 is 14.2 Å². The third-order valence-electron chi connectivity index (χ3n) is 3.42. The first-order valence-electron chi connectivity index (χ1n) is 7.26. The van der Waals surface area contributed by atoms with Crippen LogP contribution in [0.3, 0.4) is 0 Å². The summed E-state index contributed by atoms with van der Waals surface area (Å²) in [6, 6.07) is 0. The Bertz CT molecular complexity index is 168. The summed E-state index contributed by atoms with van der Waals surface area (Å²) in [6.07, 6.45) is 11.7. The van der Waals surface area contributed by atoms with E-state index in [1.807, 2.05) is 0 Å². The second kappa shape index (κ2) is 8.06. The number of ether oxygens (including phenoxy) is 3. The molecule has 0 spiro atoms. The van der Waals surface area contributed by atoms with E-state index in [0.717, 1.165) is 26.4 Å². The Kier molecular flexibility index (Phi) is 6.32. The lowest BCUT2D eigenvalue weighted by atomic mass is 10.1. The highest BCUT2D eigenvalue weighted by Crippen LogP contribution is 2.18. The average molecular weight is 242 g/mol. The summed E-state index contributed by atoms with van der Waals surface area (Å²) in [6.45, 7) is 3.65. The summed E-state index contributed by atoms with van der Waals surface area (Å²) in [7, 11) is 0. The molecule has 0 aromatic heterocycles. The SMILES string of the molecule is C(CCCCOCC1CO1)CCCCC1CO1. The Hall–Kier alpha value is -0.120. The molecule has 17 heavy (non-hydrogen) atoms. The molecule has 3 heteroatoms. The lowest BCUT2D eigenvalue weighted by Gasteiger charge is -2.03. The summed E-state index contributed by atoms with van der Waals surface area (Å²) in [5.41, 5.74) is 0. The van der Waals surface area contributed by atoms with Gasteiger partial charge >= 0.3 is 0 Å². The van der Waals surface area contributed by atoms with E-state index in [1.54, 1.807) is 0 Å². The minimum atomic E-state index is 0.422. The van der Waals surface area contributed by atoms with Crippen molar-refractivity contribution in [2.75, 3.05) is 26.4 Å². The molecule has 0 aliphatic carbocycles. The molecule has 0 aromatic carbocycles. The summed E-state index contributed by atoms with van der Waals surface area (Å²) in [5.74, 6) is 0. The molecule has 2 heterocycles. The van der Waals surface area contributed by atoms with Gasteiger partial charge in [0.25, 0.3) is 0 Å². The van der Waals surface area contributed by atoms with Crippen LogP contribution in [0.15, 0.2) is 0 Å². The van der Waals surface area contributed by atoms with E-state index in [4.69, 9.17) is 14.2 Å². The molecule has 2 atom stereocenters. The van der Waals surface area contributed by atoms with E-state index in [0.29, 0.717) is 12.2 Å². The van der Waals surface area contributed by atoms with Gasteiger partial charge in [-0.25, -0.2) is 0 Å². The topological polar surface area (TPSA) is 34.3 Å². The molecule has 100 valence electrons.